The molecule has 74 valence electrons. The molecule has 0 aliphatic heterocycles. The minimum atomic E-state index is 0.410. The zero-order chi connectivity index (χ0) is 9.82. The van der Waals surface area contributed by atoms with Gasteiger partial charge in [0.15, 0.2) is 0 Å². The molecule has 0 aromatic rings. The fourth-order valence-corrected chi connectivity index (χ4v) is 1.06. The molecule has 0 saturated carbocycles. The van der Waals surface area contributed by atoms with Gasteiger partial charge >= 0.3 is 0 Å². The van der Waals surface area contributed by atoms with Gasteiger partial charge in [-0.15, -0.1) is 0 Å². The second-order valence-corrected chi connectivity index (χ2v) is 2.50. The average Bonchev–Trinajstić information content (AvgIpc) is 2.10. The van der Waals surface area contributed by atoms with Gasteiger partial charge < -0.3 is 4.74 Å². The van der Waals surface area contributed by atoms with Crippen molar-refractivity contribution < 1.29 is 4.74 Å². The van der Waals surface area contributed by atoms with Gasteiger partial charge in [0.1, 0.15) is 0 Å². The molecule has 1 nitrogen and oxygen atoms in total. The summed E-state index contributed by atoms with van der Waals surface area (Å²) in [5.74, 6) is 0. The monoisotopic (exact) mass is 172 g/mol. The normalized spacial score (nSPS) is 8.75. The number of ether oxygens (including phenoxy) is 1. The third-order valence-corrected chi connectivity index (χ3v) is 1.51. The molecule has 0 heterocycles. The van der Waals surface area contributed by atoms with Gasteiger partial charge in [-0.25, -0.2) is 0 Å². The van der Waals surface area contributed by atoms with Gasteiger partial charge in [0.25, 0.3) is 0 Å². The van der Waals surface area contributed by atoms with E-state index in [9.17, 15) is 0 Å². The molecule has 0 spiro atoms. The molecule has 0 aliphatic carbocycles. The van der Waals surface area contributed by atoms with Crippen molar-refractivity contribution in [1.82, 2.24) is 0 Å². The minimum absolute atomic E-state index is 0.410. The molecule has 0 aliphatic rings. The Morgan fingerprint density at radius 2 is 1.58 bits per heavy atom. The van der Waals surface area contributed by atoms with Crippen molar-refractivity contribution in [1.29, 1.82) is 0 Å². The predicted molar refractivity (Wildman–Crippen MR) is 56.2 cm³/mol. The van der Waals surface area contributed by atoms with E-state index in [2.05, 4.69) is 20.4 Å². The SMILES string of the molecule is C=COC(CCC)CCC.CC. The zero-order valence-electron chi connectivity index (χ0n) is 9.10. The van der Waals surface area contributed by atoms with Crippen LogP contribution in [0.5, 0.6) is 0 Å². The Hall–Kier alpha value is -0.460. The Morgan fingerprint density at radius 3 is 1.83 bits per heavy atom. The highest BCUT2D eigenvalue weighted by atomic mass is 16.5. The standard InChI is InChI=1S/C9H18O.C2H6/c1-4-7-9(8-5-2)10-6-3;1-2/h6,9H,3-5,7-8H2,1-2H3;1-2H3. The predicted octanol–water partition coefficient (Wildman–Crippen LogP) is 4.14. The fourth-order valence-electron chi connectivity index (χ4n) is 1.06. The topological polar surface area (TPSA) is 9.23 Å². The van der Waals surface area contributed by atoms with Gasteiger partial charge in [0, 0.05) is 0 Å². The van der Waals surface area contributed by atoms with E-state index < -0.39 is 0 Å². The van der Waals surface area contributed by atoms with E-state index in [4.69, 9.17) is 4.74 Å². The first-order chi connectivity index (χ1) is 5.85. The summed E-state index contributed by atoms with van der Waals surface area (Å²) in [6, 6.07) is 0. The zero-order valence-corrected chi connectivity index (χ0v) is 9.10. The van der Waals surface area contributed by atoms with Crippen molar-refractivity contribution in [2.75, 3.05) is 0 Å². The van der Waals surface area contributed by atoms with E-state index in [1.807, 2.05) is 13.8 Å². The number of rotatable bonds is 6. The van der Waals surface area contributed by atoms with Crippen LogP contribution in [0.1, 0.15) is 53.4 Å². The number of hydrogen-bond acceptors (Lipinski definition) is 1. The van der Waals surface area contributed by atoms with E-state index in [0.29, 0.717) is 6.10 Å². The summed E-state index contributed by atoms with van der Waals surface area (Å²) < 4.78 is 5.29. The highest BCUT2D eigenvalue weighted by Gasteiger charge is 2.03. The van der Waals surface area contributed by atoms with Crippen molar-refractivity contribution in [2.45, 2.75) is 59.5 Å². The van der Waals surface area contributed by atoms with Crippen LogP contribution in [0, 0.1) is 0 Å². The van der Waals surface area contributed by atoms with Crippen molar-refractivity contribution in [3.63, 3.8) is 0 Å². The van der Waals surface area contributed by atoms with E-state index in [0.717, 1.165) is 12.8 Å². The van der Waals surface area contributed by atoms with Crippen molar-refractivity contribution in [3.05, 3.63) is 12.8 Å². The summed E-state index contributed by atoms with van der Waals surface area (Å²) in [4.78, 5) is 0. The van der Waals surface area contributed by atoms with Crippen molar-refractivity contribution in [2.24, 2.45) is 0 Å². The van der Waals surface area contributed by atoms with Crippen LogP contribution >= 0.6 is 0 Å². The summed E-state index contributed by atoms with van der Waals surface area (Å²) in [5, 5.41) is 0. The van der Waals surface area contributed by atoms with Gasteiger partial charge in [-0.2, -0.15) is 0 Å². The quantitative estimate of drug-likeness (QED) is 0.547. The average molecular weight is 172 g/mol. The molecular weight excluding hydrogens is 148 g/mol. The lowest BCUT2D eigenvalue weighted by Crippen LogP contribution is -2.07. The van der Waals surface area contributed by atoms with Crippen LogP contribution in [0.2, 0.25) is 0 Å². The second kappa shape index (κ2) is 13.2. The first kappa shape index (κ1) is 14.1. The molecule has 0 saturated heterocycles. The molecule has 0 bridgehead atoms. The molecule has 0 N–H and O–H groups in total. The summed E-state index contributed by atoms with van der Waals surface area (Å²) in [5.41, 5.74) is 0. The molecule has 0 aromatic heterocycles. The Kier molecular flexibility index (Phi) is 15.4. The maximum Gasteiger partial charge on any atom is 0.0977 e. The summed E-state index contributed by atoms with van der Waals surface area (Å²) >= 11 is 0. The van der Waals surface area contributed by atoms with Crippen LogP contribution < -0.4 is 0 Å². The third-order valence-electron chi connectivity index (χ3n) is 1.51. The molecule has 0 radical (unpaired) electrons. The van der Waals surface area contributed by atoms with Crippen LogP contribution in [0.3, 0.4) is 0 Å². The Morgan fingerprint density at radius 1 is 1.17 bits per heavy atom. The van der Waals surface area contributed by atoms with E-state index >= 15 is 0 Å². The molecule has 0 atom stereocenters. The highest BCUT2D eigenvalue weighted by Crippen LogP contribution is 2.08. The minimum Gasteiger partial charge on any atom is -0.499 e. The van der Waals surface area contributed by atoms with Crippen LogP contribution in [-0.2, 0) is 4.74 Å². The smallest absolute Gasteiger partial charge is 0.0977 e. The number of hydrogen-bond donors (Lipinski definition) is 0. The molecule has 0 fully saturated rings. The largest absolute Gasteiger partial charge is 0.499 e. The van der Waals surface area contributed by atoms with Crippen LogP contribution in [0.15, 0.2) is 12.8 Å². The maximum absolute atomic E-state index is 5.29. The first-order valence-corrected chi connectivity index (χ1v) is 5.11. The Balaban J connectivity index is 0. The lowest BCUT2D eigenvalue weighted by Gasteiger charge is -2.13. The molecule has 12 heavy (non-hydrogen) atoms. The van der Waals surface area contributed by atoms with Gasteiger partial charge in [-0.1, -0.05) is 47.1 Å². The lowest BCUT2D eigenvalue weighted by atomic mass is 10.1. The molecule has 0 rings (SSSR count). The van der Waals surface area contributed by atoms with E-state index in [1.165, 1.54) is 12.8 Å². The first-order valence-electron chi connectivity index (χ1n) is 5.11. The molecule has 0 aromatic carbocycles. The Labute approximate surface area is 77.8 Å². The van der Waals surface area contributed by atoms with Crippen LogP contribution in [0.4, 0.5) is 0 Å². The second-order valence-electron chi connectivity index (χ2n) is 2.50. The highest BCUT2D eigenvalue weighted by molar-refractivity contribution is 4.61. The van der Waals surface area contributed by atoms with Crippen LogP contribution in [0.25, 0.3) is 0 Å². The lowest BCUT2D eigenvalue weighted by molar-refractivity contribution is 0.126. The van der Waals surface area contributed by atoms with E-state index in [1.54, 1.807) is 6.26 Å². The van der Waals surface area contributed by atoms with Gasteiger partial charge in [-0.05, 0) is 12.8 Å². The fraction of sp³-hybridized carbons (Fsp3) is 0.818. The summed E-state index contributed by atoms with van der Waals surface area (Å²) in [7, 11) is 0. The van der Waals surface area contributed by atoms with E-state index in [-0.39, 0.29) is 0 Å². The van der Waals surface area contributed by atoms with Gasteiger partial charge in [0.05, 0.1) is 12.4 Å². The summed E-state index contributed by atoms with van der Waals surface area (Å²) in [6.07, 6.45) is 6.65. The van der Waals surface area contributed by atoms with Crippen molar-refractivity contribution >= 4 is 0 Å². The maximum atomic E-state index is 5.29. The molecule has 0 amide bonds. The Bertz CT molecular complexity index is 73.1. The van der Waals surface area contributed by atoms with Crippen LogP contribution in [-0.4, -0.2) is 6.10 Å². The van der Waals surface area contributed by atoms with Gasteiger partial charge in [-0.3, -0.25) is 0 Å². The van der Waals surface area contributed by atoms with Gasteiger partial charge in [0.2, 0.25) is 0 Å². The third kappa shape index (κ3) is 9.54. The summed E-state index contributed by atoms with van der Waals surface area (Å²) in [6.45, 7) is 11.9. The molecule has 1 heteroatoms. The molecule has 0 unspecified atom stereocenters. The van der Waals surface area contributed by atoms with Crippen molar-refractivity contribution in [3.8, 4) is 0 Å². The molecular formula is C11H24O.